The van der Waals surface area contributed by atoms with Crippen LogP contribution in [0.2, 0.25) is 5.02 Å². The van der Waals surface area contributed by atoms with Crippen molar-refractivity contribution in [2.75, 3.05) is 13.1 Å². The maximum Gasteiger partial charge on any atom is 0.0587 e. The van der Waals surface area contributed by atoms with Crippen LogP contribution in [0.25, 0.3) is 0 Å². The Morgan fingerprint density at radius 1 is 1.47 bits per heavy atom. The van der Waals surface area contributed by atoms with Crippen molar-refractivity contribution in [2.45, 2.75) is 24.8 Å². The molecule has 1 aromatic rings. The summed E-state index contributed by atoms with van der Waals surface area (Å²) < 4.78 is 0. The van der Waals surface area contributed by atoms with Gasteiger partial charge in [-0.2, -0.15) is 0 Å². The largest absolute Gasteiger partial charge is 0.299 e. The first-order valence-electron chi connectivity index (χ1n) is 4.94. The van der Waals surface area contributed by atoms with Gasteiger partial charge in [0.25, 0.3) is 0 Å². The van der Waals surface area contributed by atoms with Gasteiger partial charge >= 0.3 is 0 Å². The zero-order valence-corrected chi connectivity index (χ0v) is 11.1. The molecule has 0 bridgehead atoms. The lowest BCUT2D eigenvalue weighted by atomic mass is 10.00. The molecule has 0 saturated carbocycles. The Hall–Kier alpha value is 0.110. The standard InChI is InChI=1S/C11H14ClNS.ClH/c1-2-13-6-5-8-3-4-10(14)11(12)9(8)7-13;/h3-4,14H,2,5-7H2,1H3;1H. The molecule has 0 aromatic heterocycles. The molecule has 15 heavy (non-hydrogen) atoms. The lowest BCUT2D eigenvalue weighted by Gasteiger charge is -2.28. The molecule has 1 aromatic carbocycles. The van der Waals surface area contributed by atoms with E-state index in [4.69, 9.17) is 11.6 Å². The number of hydrogen-bond acceptors (Lipinski definition) is 2. The smallest absolute Gasteiger partial charge is 0.0587 e. The number of nitrogens with zero attached hydrogens (tertiary/aromatic N) is 1. The van der Waals surface area contributed by atoms with Gasteiger partial charge in [0.2, 0.25) is 0 Å². The SMILES string of the molecule is CCN1CCc2ccc(S)c(Cl)c2C1.Cl. The van der Waals surface area contributed by atoms with Crippen molar-refractivity contribution in [3.8, 4) is 0 Å². The van der Waals surface area contributed by atoms with Gasteiger partial charge in [-0.25, -0.2) is 0 Å². The lowest BCUT2D eigenvalue weighted by Crippen LogP contribution is -2.30. The Kier molecular flexibility index (Phi) is 4.78. The second-order valence-electron chi connectivity index (χ2n) is 3.66. The first-order valence-corrected chi connectivity index (χ1v) is 5.76. The average molecular weight is 264 g/mol. The Balaban J connectivity index is 0.00000112. The average Bonchev–Trinajstić information content (AvgIpc) is 2.23. The summed E-state index contributed by atoms with van der Waals surface area (Å²) in [5.41, 5.74) is 2.66. The quantitative estimate of drug-likeness (QED) is 0.760. The molecule has 1 aliphatic rings. The molecule has 84 valence electrons. The monoisotopic (exact) mass is 263 g/mol. The molecule has 0 N–H and O–H groups in total. The van der Waals surface area contributed by atoms with Gasteiger partial charge in [-0.1, -0.05) is 24.6 Å². The summed E-state index contributed by atoms with van der Waals surface area (Å²) in [6.45, 7) is 5.39. The highest BCUT2D eigenvalue weighted by atomic mass is 35.5. The molecule has 0 fully saturated rings. The molecule has 1 heterocycles. The van der Waals surface area contributed by atoms with Crippen LogP contribution in [0.15, 0.2) is 17.0 Å². The van der Waals surface area contributed by atoms with E-state index in [0.717, 1.165) is 36.0 Å². The van der Waals surface area contributed by atoms with E-state index in [-0.39, 0.29) is 12.4 Å². The molecular formula is C11H15Cl2NS. The van der Waals surface area contributed by atoms with Crippen molar-refractivity contribution in [1.82, 2.24) is 4.90 Å². The summed E-state index contributed by atoms with van der Waals surface area (Å²) in [5, 5.41) is 0.837. The third-order valence-corrected chi connectivity index (χ3v) is 3.78. The van der Waals surface area contributed by atoms with Crippen LogP contribution in [0.1, 0.15) is 18.1 Å². The van der Waals surface area contributed by atoms with Gasteiger partial charge in [0.1, 0.15) is 0 Å². The van der Waals surface area contributed by atoms with Gasteiger partial charge in [-0.05, 0) is 30.2 Å². The maximum atomic E-state index is 6.23. The second-order valence-corrected chi connectivity index (χ2v) is 4.51. The molecule has 0 amide bonds. The number of benzene rings is 1. The Morgan fingerprint density at radius 2 is 2.20 bits per heavy atom. The van der Waals surface area contributed by atoms with Gasteiger partial charge in [-0.15, -0.1) is 25.0 Å². The summed E-state index contributed by atoms with van der Waals surface area (Å²) in [6, 6.07) is 4.14. The molecule has 2 rings (SSSR count). The van der Waals surface area contributed by atoms with E-state index in [1.165, 1.54) is 11.1 Å². The van der Waals surface area contributed by atoms with Crippen LogP contribution in [0, 0.1) is 0 Å². The summed E-state index contributed by atoms with van der Waals surface area (Å²) >= 11 is 10.6. The predicted molar refractivity (Wildman–Crippen MR) is 70.6 cm³/mol. The Labute approximate surface area is 108 Å². The third-order valence-electron chi connectivity index (χ3n) is 2.85. The number of fused-ring (bicyclic) bond motifs is 1. The number of thiol groups is 1. The van der Waals surface area contributed by atoms with E-state index in [1.54, 1.807) is 0 Å². The van der Waals surface area contributed by atoms with Crippen molar-refractivity contribution in [3.63, 3.8) is 0 Å². The van der Waals surface area contributed by atoms with Crippen molar-refractivity contribution >= 4 is 36.6 Å². The minimum Gasteiger partial charge on any atom is -0.299 e. The van der Waals surface area contributed by atoms with Crippen LogP contribution in [0.5, 0.6) is 0 Å². The van der Waals surface area contributed by atoms with Crippen molar-refractivity contribution in [2.24, 2.45) is 0 Å². The van der Waals surface area contributed by atoms with E-state index < -0.39 is 0 Å². The van der Waals surface area contributed by atoms with Crippen LogP contribution in [-0.2, 0) is 13.0 Å². The van der Waals surface area contributed by atoms with Crippen molar-refractivity contribution in [1.29, 1.82) is 0 Å². The molecular weight excluding hydrogens is 249 g/mol. The molecule has 1 nitrogen and oxygen atoms in total. The molecule has 0 aliphatic carbocycles. The van der Waals surface area contributed by atoms with E-state index in [9.17, 15) is 0 Å². The third kappa shape index (κ3) is 2.62. The fourth-order valence-corrected chi connectivity index (χ4v) is 2.36. The molecule has 1 aliphatic heterocycles. The zero-order chi connectivity index (χ0) is 10.1. The van der Waals surface area contributed by atoms with E-state index in [1.807, 2.05) is 6.07 Å². The second kappa shape index (κ2) is 5.44. The number of hydrogen-bond donors (Lipinski definition) is 1. The molecule has 4 heteroatoms. The number of rotatable bonds is 1. The number of likely N-dealkylation sites (N-methyl/N-ethyl adjacent to an activating group) is 1. The Morgan fingerprint density at radius 3 is 2.87 bits per heavy atom. The highest BCUT2D eigenvalue weighted by Crippen LogP contribution is 2.31. The molecule has 0 spiro atoms. The van der Waals surface area contributed by atoms with Gasteiger partial charge < -0.3 is 0 Å². The molecule has 0 atom stereocenters. The summed E-state index contributed by atoms with van der Waals surface area (Å²) in [6.07, 6.45) is 1.11. The molecule has 0 radical (unpaired) electrons. The first-order chi connectivity index (χ1) is 6.72. The molecule has 0 saturated heterocycles. The van der Waals surface area contributed by atoms with Crippen LogP contribution >= 0.6 is 36.6 Å². The van der Waals surface area contributed by atoms with Gasteiger partial charge in [0.15, 0.2) is 0 Å². The minimum absolute atomic E-state index is 0. The summed E-state index contributed by atoms with van der Waals surface area (Å²) in [5.74, 6) is 0. The minimum atomic E-state index is 0. The predicted octanol–water partition coefficient (Wildman–Crippen LogP) is 3.43. The maximum absolute atomic E-state index is 6.23. The Bertz CT molecular complexity index is 355. The van der Waals surface area contributed by atoms with Crippen LogP contribution in [0.3, 0.4) is 0 Å². The lowest BCUT2D eigenvalue weighted by molar-refractivity contribution is 0.268. The van der Waals surface area contributed by atoms with E-state index >= 15 is 0 Å². The fourth-order valence-electron chi connectivity index (χ4n) is 1.91. The summed E-state index contributed by atoms with van der Waals surface area (Å²) in [4.78, 5) is 3.30. The summed E-state index contributed by atoms with van der Waals surface area (Å²) in [7, 11) is 0. The van der Waals surface area contributed by atoms with Crippen molar-refractivity contribution in [3.05, 3.63) is 28.3 Å². The highest BCUT2D eigenvalue weighted by molar-refractivity contribution is 7.80. The van der Waals surface area contributed by atoms with Gasteiger partial charge in [0.05, 0.1) is 5.02 Å². The topological polar surface area (TPSA) is 3.24 Å². The normalized spacial score (nSPS) is 15.7. The van der Waals surface area contributed by atoms with Crippen molar-refractivity contribution < 1.29 is 0 Å². The van der Waals surface area contributed by atoms with E-state index in [2.05, 4.69) is 30.5 Å². The van der Waals surface area contributed by atoms with E-state index in [0.29, 0.717) is 0 Å². The molecule has 0 unspecified atom stereocenters. The fraction of sp³-hybridized carbons (Fsp3) is 0.455. The highest BCUT2D eigenvalue weighted by Gasteiger charge is 2.18. The zero-order valence-electron chi connectivity index (χ0n) is 8.66. The van der Waals surface area contributed by atoms with Crippen LogP contribution in [0.4, 0.5) is 0 Å². The first kappa shape index (κ1) is 13.2. The number of halogens is 2. The van der Waals surface area contributed by atoms with Crippen LogP contribution < -0.4 is 0 Å². The van der Waals surface area contributed by atoms with Gasteiger partial charge in [0, 0.05) is 18.0 Å². The van der Waals surface area contributed by atoms with Crippen LogP contribution in [-0.4, -0.2) is 18.0 Å². The van der Waals surface area contributed by atoms with Gasteiger partial charge in [-0.3, -0.25) is 4.90 Å².